The molecular formula is C21H25NO. The summed E-state index contributed by atoms with van der Waals surface area (Å²) in [4.78, 5) is 12.4. The minimum absolute atomic E-state index is 0.0444. The highest BCUT2D eigenvalue weighted by molar-refractivity contribution is 5.94. The van der Waals surface area contributed by atoms with E-state index in [1.54, 1.807) is 0 Å². The Balaban J connectivity index is 1.55. The first-order valence-corrected chi connectivity index (χ1v) is 8.73. The number of amides is 1. The van der Waals surface area contributed by atoms with Crippen LogP contribution in [0.15, 0.2) is 48.5 Å². The van der Waals surface area contributed by atoms with Crippen LogP contribution in [0.1, 0.15) is 53.2 Å². The van der Waals surface area contributed by atoms with E-state index in [2.05, 4.69) is 48.6 Å². The van der Waals surface area contributed by atoms with E-state index in [4.69, 9.17) is 0 Å². The van der Waals surface area contributed by atoms with Gasteiger partial charge < -0.3 is 5.32 Å². The minimum Gasteiger partial charge on any atom is -0.349 e. The van der Waals surface area contributed by atoms with Crippen LogP contribution in [0.3, 0.4) is 0 Å². The van der Waals surface area contributed by atoms with Crippen LogP contribution in [-0.2, 0) is 19.3 Å². The van der Waals surface area contributed by atoms with Gasteiger partial charge in [-0.3, -0.25) is 4.79 Å². The number of fused-ring (bicyclic) bond motifs is 1. The Labute approximate surface area is 138 Å². The Bertz CT molecular complexity index is 635. The Hall–Kier alpha value is -2.09. The van der Waals surface area contributed by atoms with E-state index >= 15 is 0 Å². The highest BCUT2D eigenvalue weighted by Gasteiger charge is 2.22. The molecule has 1 N–H and O–H groups in total. The molecule has 0 radical (unpaired) electrons. The topological polar surface area (TPSA) is 29.1 Å². The predicted octanol–water partition coefficient (Wildman–Crippen LogP) is 4.32. The van der Waals surface area contributed by atoms with Gasteiger partial charge in [0.25, 0.3) is 5.91 Å². The summed E-state index contributed by atoms with van der Waals surface area (Å²) in [5.41, 5.74) is 4.82. The molecule has 0 aromatic heterocycles. The number of carbonyl (C=O) groups excluding carboxylic acids is 1. The van der Waals surface area contributed by atoms with Crippen LogP contribution in [0.5, 0.6) is 0 Å². The number of benzene rings is 2. The molecule has 0 fully saturated rings. The SMILES string of the molecule is CCCCCc1ccc(C(=O)NC2Cc3ccccc3C2)cc1. The van der Waals surface area contributed by atoms with Gasteiger partial charge >= 0.3 is 0 Å². The van der Waals surface area contributed by atoms with Crippen molar-refractivity contribution >= 4 is 5.91 Å². The van der Waals surface area contributed by atoms with Crippen molar-refractivity contribution in [2.45, 2.75) is 51.5 Å². The van der Waals surface area contributed by atoms with E-state index in [1.807, 2.05) is 12.1 Å². The van der Waals surface area contributed by atoms with Crippen LogP contribution in [0.4, 0.5) is 0 Å². The Morgan fingerprint density at radius 2 is 1.65 bits per heavy atom. The normalized spacial score (nSPS) is 13.8. The van der Waals surface area contributed by atoms with Crippen LogP contribution < -0.4 is 5.32 Å². The van der Waals surface area contributed by atoms with Crippen molar-refractivity contribution < 1.29 is 4.79 Å². The summed E-state index contributed by atoms with van der Waals surface area (Å²) < 4.78 is 0. The fraction of sp³-hybridized carbons (Fsp3) is 0.381. The van der Waals surface area contributed by atoms with Crippen LogP contribution in [-0.4, -0.2) is 11.9 Å². The number of rotatable bonds is 6. The van der Waals surface area contributed by atoms with E-state index in [9.17, 15) is 4.79 Å². The predicted molar refractivity (Wildman–Crippen MR) is 94.8 cm³/mol. The molecule has 0 bridgehead atoms. The first-order valence-electron chi connectivity index (χ1n) is 8.73. The third-order valence-electron chi connectivity index (χ3n) is 4.67. The van der Waals surface area contributed by atoms with Gasteiger partial charge in [0.05, 0.1) is 0 Å². The number of unbranched alkanes of at least 4 members (excludes halogenated alkanes) is 2. The van der Waals surface area contributed by atoms with Crippen molar-refractivity contribution in [3.05, 3.63) is 70.8 Å². The van der Waals surface area contributed by atoms with Crippen LogP contribution in [0, 0.1) is 0 Å². The lowest BCUT2D eigenvalue weighted by Crippen LogP contribution is -2.35. The number of aryl methyl sites for hydroxylation is 1. The second-order valence-corrected chi connectivity index (χ2v) is 6.50. The third kappa shape index (κ3) is 4.01. The quantitative estimate of drug-likeness (QED) is 0.791. The van der Waals surface area contributed by atoms with Crippen molar-refractivity contribution in [3.63, 3.8) is 0 Å². The second kappa shape index (κ2) is 7.45. The fourth-order valence-electron chi connectivity index (χ4n) is 3.33. The van der Waals surface area contributed by atoms with Gasteiger partial charge in [-0.15, -0.1) is 0 Å². The van der Waals surface area contributed by atoms with E-state index < -0.39 is 0 Å². The molecule has 2 nitrogen and oxygen atoms in total. The number of nitrogens with one attached hydrogen (secondary N) is 1. The molecule has 2 aromatic carbocycles. The summed E-state index contributed by atoms with van der Waals surface area (Å²) in [5.74, 6) is 0.0444. The van der Waals surface area contributed by atoms with Crippen LogP contribution >= 0.6 is 0 Å². The standard InChI is InChI=1S/C21H25NO/c1-2-3-4-7-16-10-12-17(13-11-16)21(23)22-20-14-18-8-5-6-9-19(18)15-20/h5-6,8-13,20H,2-4,7,14-15H2,1H3,(H,22,23). The van der Waals surface area contributed by atoms with Crippen molar-refractivity contribution in [2.24, 2.45) is 0 Å². The average molecular weight is 307 g/mol. The zero-order valence-corrected chi connectivity index (χ0v) is 13.8. The third-order valence-corrected chi connectivity index (χ3v) is 4.67. The molecule has 2 aromatic rings. The molecule has 1 amide bonds. The Morgan fingerprint density at radius 3 is 2.26 bits per heavy atom. The monoisotopic (exact) mass is 307 g/mol. The maximum absolute atomic E-state index is 12.4. The molecule has 0 unspecified atom stereocenters. The lowest BCUT2D eigenvalue weighted by atomic mass is 10.0. The fourth-order valence-corrected chi connectivity index (χ4v) is 3.33. The van der Waals surface area contributed by atoms with Crippen molar-refractivity contribution in [1.29, 1.82) is 0 Å². The highest BCUT2D eigenvalue weighted by atomic mass is 16.1. The lowest BCUT2D eigenvalue weighted by molar-refractivity contribution is 0.0938. The molecule has 1 aliphatic carbocycles. The number of carbonyl (C=O) groups is 1. The summed E-state index contributed by atoms with van der Waals surface area (Å²) in [7, 11) is 0. The van der Waals surface area contributed by atoms with Gasteiger partial charge in [-0.05, 0) is 54.5 Å². The Morgan fingerprint density at radius 1 is 1.00 bits per heavy atom. The molecule has 2 heteroatoms. The first-order chi connectivity index (χ1) is 11.3. The van der Waals surface area contributed by atoms with E-state index in [0.717, 1.165) is 24.8 Å². The zero-order chi connectivity index (χ0) is 16.1. The lowest BCUT2D eigenvalue weighted by Gasteiger charge is -2.12. The summed E-state index contributed by atoms with van der Waals surface area (Å²) in [6.45, 7) is 2.22. The van der Waals surface area contributed by atoms with E-state index in [-0.39, 0.29) is 11.9 Å². The second-order valence-electron chi connectivity index (χ2n) is 6.50. The highest BCUT2D eigenvalue weighted by Crippen LogP contribution is 2.22. The van der Waals surface area contributed by atoms with Gasteiger partial charge in [0.1, 0.15) is 0 Å². The largest absolute Gasteiger partial charge is 0.349 e. The minimum atomic E-state index is 0.0444. The molecule has 0 spiro atoms. The molecular weight excluding hydrogens is 282 g/mol. The smallest absolute Gasteiger partial charge is 0.251 e. The van der Waals surface area contributed by atoms with Crippen LogP contribution in [0.2, 0.25) is 0 Å². The van der Waals surface area contributed by atoms with E-state index in [0.29, 0.717) is 0 Å². The summed E-state index contributed by atoms with van der Waals surface area (Å²) in [6, 6.07) is 16.8. The first kappa shape index (κ1) is 15.8. The molecule has 0 atom stereocenters. The van der Waals surface area contributed by atoms with Crippen molar-refractivity contribution in [1.82, 2.24) is 5.32 Å². The summed E-state index contributed by atoms with van der Waals surface area (Å²) in [6.07, 6.45) is 6.72. The van der Waals surface area contributed by atoms with Crippen LogP contribution in [0.25, 0.3) is 0 Å². The van der Waals surface area contributed by atoms with Gasteiger partial charge in [0.2, 0.25) is 0 Å². The van der Waals surface area contributed by atoms with Crippen molar-refractivity contribution in [3.8, 4) is 0 Å². The molecule has 3 rings (SSSR count). The van der Waals surface area contributed by atoms with Gasteiger partial charge in [0.15, 0.2) is 0 Å². The number of hydrogen-bond acceptors (Lipinski definition) is 1. The molecule has 23 heavy (non-hydrogen) atoms. The molecule has 1 aliphatic rings. The Kier molecular flexibility index (Phi) is 5.12. The summed E-state index contributed by atoms with van der Waals surface area (Å²) >= 11 is 0. The van der Waals surface area contributed by atoms with Gasteiger partial charge in [-0.2, -0.15) is 0 Å². The summed E-state index contributed by atoms with van der Waals surface area (Å²) in [5, 5.41) is 3.17. The van der Waals surface area contributed by atoms with Gasteiger partial charge in [0, 0.05) is 11.6 Å². The average Bonchev–Trinajstić information content (AvgIpc) is 2.98. The molecule has 0 saturated carbocycles. The molecule has 0 aliphatic heterocycles. The maximum atomic E-state index is 12.4. The molecule has 120 valence electrons. The maximum Gasteiger partial charge on any atom is 0.251 e. The van der Waals surface area contributed by atoms with Gasteiger partial charge in [-0.1, -0.05) is 56.2 Å². The number of hydrogen-bond donors (Lipinski definition) is 1. The van der Waals surface area contributed by atoms with E-state index in [1.165, 1.54) is 36.0 Å². The van der Waals surface area contributed by atoms with Crippen molar-refractivity contribution in [2.75, 3.05) is 0 Å². The molecule has 0 saturated heterocycles. The zero-order valence-electron chi connectivity index (χ0n) is 13.8. The molecule has 0 heterocycles. The van der Waals surface area contributed by atoms with Gasteiger partial charge in [-0.25, -0.2) is 0 Å².